The van der Waals surface area contributed by atoms with Crippen molar-refractivity contribution in [3.8, 4) is 0 Å². The summed E-state index contributed by atoms with van der Waals surface area (Å²) >= 11 is 7.18. The second-order valence-corrected chi connectivity index (χ2v) is 8.25. The van der Waals surface area contributed by atoms with E-state index in [1.807, 2.05) is 0 Å². The smallest absolute Gasteiger partial charge is 0.0626 e. The summed E-state index contributed by atoms with van der Waals surface area (Å²) in [4.78, 5) is 3.40. The largest absolute Gasteiger partial charge is 0.377 e. The van der Waals surface area contributed by atoms with Gasteiger partial charge in [0.05, 0.1) is 6.04 Å². The van der Waals surface area contributed by atoms with E-state index in [0.29, 0.717) is 0 Å². The highest BCUT2D eigenvalue weighted by Crippen LogP contribution is 2.50. The van der Waals surface area contributed by atoms with Crippen molar-refractivity contribution in [2.24, 2.45) is 0 Å². The first kappa shape index (κ1) is 14.3. The van der Waals surface area contributed by atoms with Crippen molar-refractivity contribution in [3.63, 3.8) is 0 Å². The number of fused-ring (bicyclic) bond motifs is 2. The Hall–Kier alpha value is -1.26. The fourth-order valence-corrected chi connectivity index (χ4v) is 4.21. The van der Waals surface area contributed by atoms with Gasteiger partial charge in [0.1, 0.15) is 0 Å². The lowest BCUT2D eigenvalue weighted by molar-refractivity contribution is 0.476. The summed E-state index contributed by atoms with van der Waals surface area (Å²) in [6.07, 6.45) is 2.14. The van der Waals surface area contributed by atoms with Gasteiger partial charge in [-0.25, -0.2) is 0 Å². The molecule has 1 aliphatic heterocycles. The number of nitrogens with one attached hydrogen (secondary N) is 2. The van der Waals surface area contributed by atoms with Crippen molar-refractivity contribution in [1.29, 1.82) is 0 Å². The number of hydrogen-bond donors (Lipinski definition) is 2. The Morgan fingerprint density at radius 1 is 1.00 bits per heavy atom. The van der Waals surface area contributed by atoms with Crippen LogP contribution in [0.1, 0.15) is 31.0 Å². The second-order valence-electron chi connectivity index (χ2n) is 6.42. The van der Waals surface area contributed by atoms with Crippen molar-refractivity contribution in [2.45, 2.75) is 25.3 Å². The number of halogens is 2. The zero-order valence-corrected chi connectivity index (χ0v) is 15.5. The van der Waals surface area contributed by atoms with Crippen LogP contribution in [0, 0.1) is 0 Å². The third-order valence-electron chi connectivity index (χ3n) is 4.68. The molecule has 112 valence electrons. The van der Waals surface area contributed by atoms with Crippen molar-refractivity contribution >= 4 is 48.5 Å². The number of aromatic nitrogens is 1. The average molecular weight is 420 g/mol. The Morgan fingerprint density at radius 2 is 1.73 bits per heavy atom. The Kier molecular flexibility index (Phi) is 3.17. The van der Waals surface area contributed by atoms with Crippen LogP contribution in [0.5, 0.6) is 0 Å². The quantitative estimate of drug-likeness (QED) is 0.487. The molecule has 1 aromatic heterocycles. The minimum absolute atomic E-state index is 0.0244. The molecule has 2 N–H and O–H groups in total. The van der Waals surface area contributed by atoms with E-state index < -0.39 is 0 Å². The number of rotatable bonds is 1. The fourth-order valence-electron chi connectivity index (χ4n) is 3.49. The molecule has 0 saturated carbocycles. The molecule has 0 radical (unpaired) electrons. The Bertz CT molecular complexity index is 880. The lowest BCUT2D eigenvalue weighted by Gasteiger charge is -2.27. The van der Waals surface area contributed by atoms with Crippen molar-refractivity contribution in [2.75, 3.05) is 5.32 Å². The Morgan fingerprint density at radius 3 is 2.55 bits per heavy atom. The number of hydrogen-bond acceptors (Lipinski definition) is 1. The third kappa shape index (κ3) is 2.04. The van der Waals surface area contributed by atoms with Gasteiger partial charge in [0.25, 0.3) is 0 Å². The van der Waals surface area contributed by atoms with Crippen LogP contribution in [0.2, 0.25) is 0 Å². The van der Waals surface area contributed by atoms with Gasteiger partial charge < -0.3 is 10.3 Å². The maximum Gasteiger partial charge on any atom is 0.0626 e. The molecule has 1 aliphatic rings. The predicted molar refractivity (Wildman–Crippen MR) is 99.5 cm³/mol. The molecule has 2 nitrogen and oxygen atoms in total. The number of H-pyrrole nitrogens is 1. The normalized spacial score (nSPS) is 19.2. The molecule has 0 aliphatic carbocycles. The van der Waals surface area contributed by atoms with Crippen LogP contribution in [0.25, 0.3) is 10.9 Å². The highest BCUT2D eigenvalue weighted by molar-refractivity contribution is 9.10. The van der Waals surface area contributed by atoms with Crippen molar-refractivity contribution < 1.29 is 0 Å². The molecule has 4 heteroatoms. The van der Waals surface area contributed by atoms with Gasteiger partial charge >= 0.3 is 0 Å². The SMILES string of the molecule is CC1(C)c2cc(Br)ccc2NC1c1c[nH]c2ccc(Br)cc12. The van der Waals surface area contributed by atoms with Crippen LogP contribution < -0.4 is 5.32 Å². The second kappa shape index (κ2) is 4.87. The summed E-state index contributed by atoms with van der Waals surface area (Å²) in [6, 6.07) is 13.1. The number of anilines is 1. The van der Waals surface area contributed by atoms with Gasteiger partial charge in [-0.1, -0.05) is 45.7 Å². The first-order chi connectivity index (χ1) is 10.5. The molecule has 4 rings (SSSR count). The molecule has 1 atom stereocenters. The van der Waals surface area contributed by atoms with Gasteiger partial charge in [-0.05, 0) is 42.0 Å². The highest BCUT2D eigenvalue weighted by Gasteiger charge is 2.41. The van der Waals surface area contributed by atoms with Gasteiger partial charge in [0, 0.05) is 42.7 Å². The van der Waals surface area contributed by atoms with E-state index in [1.54, 1.807) is 0 Å². The molecule has 0 amide bonds. The minimum Gasteiger partial charge on any atom is -0.377 e. The topological polar surface area (TPSA) is 27.8 Å². The van der Waals surface area contributed by atoms with Crippen LogP contribution in [0.4, 0.5) is 5.69 Å². The van der Waals surface area contributed by atoms with Crippen LogP contribution >= 0.6 is 31.9 Å². The molecule has 0 bridgehead atoms. The van der Waals surface area contributed by atoms with E-state index >= 15 is 0 Å². The average Bonchev–Trinajstić information content (AvgIpc) is 2.98. The molecule has 3 aromatic rings. The van der Waals surface area contributed by atoms with E-state index in [2.05, 4.69) is 98.6 Å². The Labute approximate surface area is 146 Å². The van der Waals surface area contributed by atoms with Crippen LogP contribution in [0.3, 0.4) is 0 Å². The molecule has 2 aromatic carbocycles. The monoisotopic (exact) mass is 418 g/mol. The van der Waals surface area contributed by atoms with Gasteiger partial charge in [-0.15, -0.1) is 0 Å². The predicted octanol–water partition coefficient (Wildman–Crippen LogP) is 6.14. The lowest BCUT2D eigenvalue weighted by atomic mass is 9.78. The summed E-state index contributed by atoms with van der Waals surface area (Å²) in [5, 5.41) is 4.98. The molecular formula is C18H16Br2N2. The maximum atomic E-state index is 3.71. The zero-order valence-electron chi connectivity index (χ0n) is 12.4. The van der Waals surface area contributed by atoms with Gasteiger partial charge in [0.2, 0.25) is 0 Å². The Balaban J connectivity index is 1.88. The molecule has 22 heavy (non-hydrogen) atoms. The number of benzene rings is 2. The summed E-state index contributed by atoms with van der Waals surface area (Å²) in [5.41, 5.74) is 5.09. The molecule has 1 unspecified atom stereocenters. The first-order valence-corrected chi connectivity index (χ1v) is 8.88. The van der Waals surface area contributed by atoms with Crippen LogP contribution in [0.15, 0.2) is 51.5 Å². The third-order valence-corrected chi connectivity index (χ3v) is 5.67. The van der Waals surface area contributed by atoms with E-state index in [4.69, 9.17) is 0 Å². The van der Waals surface area contributed by atoms with E-state index in [0.717, 1.165) is 8.95 Å². The van der Waals surface area contributed by atoms with E-state index in [9.17, 15) is 0 Å². The van der Waals surface area contributed by atoms with Gasteiger partial charge in [-0.3, -0.25) is 0 Å². The zero-order chi connectivity index (χ0) is 15.5. The number of aromatic amines is 1. The summed E-state index contributed by atoms with van der Waals surface area (Å²) in [5.74, 6) is 0. The van der Waals surface area contributed by atoms with Gasteiger partial charge in [0.15, 0.2) is 0 Å². The summed E-state index contributed by atoms with van der Waals surface area (Å²) < 4.78 is 2.24. The lowest BCUT2D eigenvalue weighted by Crippen LogP contribution is -2.25. The van der Waals surface area contributed by atoms with E-state index in [1.165, 1.54) is 27.7 Å². The fraction of sp³-hybridized carbons (Fsp3) is 0.222. The van der Waals surface area contributed by atoms with E-state index in [-0.39, 0.29) is 11.5 Å². The molecular weight excluding hydrogens is 404 g/mol. The summed E-state index contributed by atoms with van der Waals surface area (Å²) in [7, 11) is 0. The maximum absolute atomic E-state index is 3.71. The highest BCUT2D eigenvalue weighted by atomic mass is 79.9. The molecule has 0 fully saturated rings. The molecule has 0 spiro atoms. The first-order valence-electron chi connectivity index (χ1n) is 7.30. The summed E-state index contributed by atoms with van der Waals surface area (Å²) in [6.45, 7) is 4.61. The van der Waals surface area contributed by atoms with Crippen LogP contribution in [-0.4, -0.2) is 4.98 Å². The van der Waals surface area contributed by atoms with Crippen molar-refractivity contribution in [1.82, 2.24) is 4.98 Å². The van der Waals surface area contributed by atoms with Crippen LogP contribution in [-0.2, 0) is 5.41 Å². The van der Waals surface area contributed by atoms with Gasteiger partial charge in [-0.2, -0.15) is 0 Å². The van der Waals surface area contributed by atoms with Crippen molar-refractivity contribution in [3.05, 3.63) is 62.7 Å². The molecule has 0 saturated heterocycles. The standard InChI is InChI=1S/C18H16Br2N2/c1-18(2)14-8-11(20)4-6-16(14)22-17(18)13-9-21-15-5-3-10(19)7-12(13)15/h3-9,17,21-22H,1-2H3. The molecule has 2 heterocycles. The minimum atomic E-state index is 0.0244.